The van der Waals surface area contributed by atoms with Gasteiger partial charge in [-0.3, -0.25) is 0 Å². The Balaban J connectivity index is 4.09. The summed E-state index contributed by atoms with van der Waals surface area (Å²) in [5.74, 6) is 0. The Bertz CT molecular complexity index is 180. The van der Waals surface area contributed by atoms with Gasteiger partial charge in [0.05, 0.1) is 6.20 Å². The van der Waals surface area contributed by atoms with Crippen LogP contribution in [0.1, 0.15) is 19.8 Å². The van der Waals surface area contributed by atoms with Crippen LogP contribution in [-0.2, 0) is 0 Å². The summed E-state index contributed by atoms with van der Waals surface area (Å²) in [4.78, 5) is 9.73. The minimum Gasteiger partial charge on any atom is -0.145 e. The van der Waals surface area contributed by atoms with Gasteiger partial charge in [0.1, 0.15) is 0 Å². The van der Waals surface area contributed by atoms with Crippen molar-refractivity contribution in [2.45, 2.75) is 19.8 Å². The van der Waals surface area contributed by atoms with Crippen LogP contribution in [0.3, 0.4) is 0 Å². The van der Waals surface area contributed by atoms with E-state index in [-0.39, 0.29) is 0 Å². The summed E-state index contributed by atoms with van der Waals surface area (Å²) in [6.45, 7) is 5.65. The molecule has 0 fully saturated rings. The summed E-state index contributed by atoms with van der Waals surface area (Å²) in [6, 6.07) is 0. The highest BCUT2D eigenvalue weighted by Crippen LogP contribution is 2.06. The fourth-order valence-corrected chi connectivity index (χ4v) is 0.788. The topological polar surface area (TPSA) is 29.4 Å². The molecule has 0 aliphatic heterocycles. The molecule has 0 N–H and O–H groups in total. The van der Waals surface area contributed by atoms with Crippen LogP contribution in [-0.4, -0.2) is 0 Å². The molecule has 0 aromatic heterocycles. The van der Waals surface area contributed by atoms with Gasteiger partial charge in [-0.05, 0) is 23.2 Å². The van der Waals surface area contributed by atoms with Crippen molar-refractivity contribution in [3.8, 4) is 0 Å². The lowest BCUT2D eigenvalue weighted by Gasteiger charge is -1.94. The second kappa shape index (κ2) is 6.93. The molecule has 0 amide bonds. The third-order valence-electron chi connectivity index (χ3n) is 1.22. The van der Waals surface area contributed by atoms with Crippen molar-refractivity contribution in [2.24, 2.45) is 5.18 Å². The standard InChI is InChI=1S/C9H13NO/c1-3-5-9(6-4-2)7-8-10-11/h3,5,7-8H,1,4,6H2,2H3/b8-7-,9-5-. The Labute approximate surface area is 67.3 Å². The first-order valence-corrected chi connectivity index (χ1v) is 3.65. The molecule has 0 spiro atoms. The summed E-state index contributed by atoms with van der Waals surface area (Å²) in [5.41, 5.74) is 1.09. The third kappa shape index (κ3) is 5.27. The first kappa shape index (κ1) is 9.82. The van der Waals surface area contributed by atoms with E-state index >= 15 is 0 Å². The largest absolute Gasteiger partial charge is 0.145 e. The number of nitrogens with zero attached hydrogens (tertiary/aromatic N) is 1. The Kier molecular flexibility index (Phi) is 6.19. The van der Waals surface area contributed by atoms with Crippen LogP contribution in [0, 0.1) is 4.91 Å². The van der Waals surface area contributed by atoms with Crippen LogP contribution in [0.25, 0.3) is 0 Å². The minimum atomic E-state index is 0.956. The average molecular weight is 151 g/mol. The second-order valence-electron chi connectivity index (χ2n) is 2.15. The minimum absolute atomic E-state index is 0.956. The summed E-state index contributed by atoms with van der Waals surface area (Å²) < 4.78 is 0. The van der Waals surface area contributed by atoms with Crippen LogP contribution in [0.15, 0.2) is 41.8 Å². The number of nitroso groups, excluding NO2 is 1. The molecule has 0 aliphatic carbocycles. The molecule has 11 heavy (non-hydrogen) atoms. The maximum atomic E-state index is 9.73. The van der Waals surface area contributed by atoms with Crippen molar-refractivity contribution >= 4 is 0 Å². The number of rotatable bonds is 5. The number of hydrogen-bond acceptors (Lipinski definition) is 2. The van der Waals surface area contributed by atoms with Crippen molar-refractivity contribution in [3.63, 3.8) is 0 Å². The quantitative estimate of drug-likeness (QED) is 0.438. The fourth-order valence-electron chi connectivity index (χ4n) is 0.788. The molecule has 60 valence electrons. The molecule has 0 rings (SSSR count). The molecule has 0 aliphatic rings. The lowest BCUT2D eigenvalue weighted by molar-refractivity contribution is 0.926. The van der Waals surface area contributed by atoms with Crippen LogP contribution in [0.4, 0.5) is 0 Å². The molecule has 0 atom stereocenters. The van der Waals surface area contributed by atoms with E-state index in [0.29, 0.717) is 0 Å². The highest BCUT2D eigenvalue weighted by Gasteiger charge is 1.87. The predicted octanol–water partition coefficient (Wildman–Crippen LogP) is 3.18. The zero-order chi connectivity index (χ0) is 8.53. The molecule has 2 heteroatoms. The summed E-state index contributed by atoms with van der Waals surface area (Å²) >= 11 is 0. The van der Waals surface area contributed by atoms with E-state index in [1.807, 2.05) is 6.08 Å². The van der Waals surface area contributed by atoms with E-state index in [9.17, 15) is 4.91 Å². The zero-order valence-corrected chi connectivity index (χ0v) is 6.79. The monoisotopic (exact) mass is 151 g/mol. The lowest BCUT2D eigenvalue weighted by atomic mass is 10.1. The Morgan fingerprint density at radius 3 is 2.82 bits per heavy atom. The predicted molar refractivity (Wildman–Crippen MR) is 48.1 cm³/mol. The van der Waals surface area contributed by atoms with Gasteiger partial charge in [-0.15, -0.1) is 4.91 Å². The van der Waals surface area contributed by atoms with E-state index in [1.165, 1.54) is 6.20 Å². The van der Waals surface area contributed by atoms with Crippen LogP contribution in [0.2, 0.25) is 0 Å². The van der Waals surface area contributed by atoms with Crippen molar-refractivity contribution in [1.82, 2.24) is 0 Å². The van der Waals surface area contributed by atoms with Crippen molar-refractivity contribution in [3.05, 3.63) is 41.5 Å². The van der Waals surface area contributed by atoms with Crippen molar-refractivity contribution in [2.75, 3.05) is 0 Å². The van der Waals surface area contributed by atoms with Gasteiger partial charge in [0.25, 0.3) is 0 Å². The van der Waals surface area contributed by atoms with Gasteiger partial charge in [0.2, 0.25) is 0 Å². The molecule has 0 aromatic carbocycles. The van der Waals surface area contributed by atoms with E-state index < -0.39 is 0 Å². The van der Waals surface area contributed by atoms with E-state index in [2.05, 4.69) is 18.7 Å². The second-order valence-corrected chi connectivity index (χ2v) is 2.15. The van der Waals surface area contributed by atoms with Crippen molar-refractivity contribution in [1.29, 1.82) is 0 Å². The molecule has 0 bridgehead atoms. The van der Waals surface area contributed by atoms with E-state index in [0.717, 1.165) is 18.4 Å². The molecule has 0 heterocycles. The molecule has 0 radical (unpaired) electrons. The molecule has 2 nitrogen and oxygen atoms in total. The molecule has 0 saturated heterocycles. The smallest absolute Gasteiger partial charge is 0.0717 e. The molecule has 0 aromatic rings. The Morgan fingerprint density at radius 1 is 1.64 bits per heavy atom. The average Bonchev–Trinajstić information content (AvgIpc) is 2.01. The number of allylic oxidation sites excluding steroid dienone is 4. The van der Waals surface area contributed by atoms with Crippen LogP contribution < -0.4 is 0 Å². The van der Waals surface area contributed by atoms with Gasteiger partial charge in [-0.1, -0.05) is 32.1 Å². The SMILES string of the molecule is C=C/C=C(\C=C/N=O)CCC. The third-order valence-corrected chi connectivity index (χ3v) is 1.22. The van der Waals surface area contributed by atoms with Gasteiger partial charge in [-0.25, -0.2) is 0 Å². The molecular formula is C9H13NO. The van der Waals surface area contributed by atoms with Gasteiger partial charge in [0, 0.05) is 0 Å². The fraction of sp³-hybridized carbons (Fsp3) is 0.333. The molecule has 0 unspecified atom stereocenters. The van der Waals surface area contributed by atoms with Gasteiger partial charge < -0.3 is 0 Å². The Hall–Kier alpha value is -1.18. The molecular weight excluding hydrogens is 138 g/mol. The summed E-state index contributed by atoms with van der Waals surface area (Å²) in [5, 5.41) is 2.63. The maximum Gasteiger partial charge on any atom is 0.0717 e. The first-order chi connectivity index (χ1) is 5.35. The highest BCUT2D eigenvalue weighted by atomic mass is 16.2. The number of hydrogen-bond donors (Lipinski definition) is 0. The van der Waals surface area contributed by atoms with Gasteiger partial charge in [0.15, 0.2) is 0 Å². The lowest BCUT2D eigenvalue weighted by Crippen LogP contribution is -1.75. The van der Waals surface area contributed by atoms with Crippen LogP contribution >= 0.6 is 0 Å². The highest BCUT2D eigenvalue weighted by molar-refractivity contribution is 5.22. The summed E-state index contributed by atoms with van der Waals surface area (Å²) in [6.07, 6.45) is 8.56. The van der Waals surface area contributed by atoms with E-state index in [4.69, 9.17) is 0 Å². The maximum absolute atomic E-state index is 9.73. The van der Waals surface area contributed by atoms with Gasteiger partial charge in [-0.2, -0.15) is 0 Å². The van der Waals surface area contributed by atoms with Crippen LogP contribution in [0.5, 0.6) is 0 Å². The first-order valence-electron chi connectivity index (χ1n) is 3.65. The van der Waals surface area contributed by atoms with Crippen molar-refractivity contribution < 1.29 is 0 Å². The normalized spacial score (nSPS) is 11.9. The molecule has 0 saturated carbocycles. The van der Waals surface area contributed by atoms with E-state index in [1.54, 1.807) is 12.2 Å². The summed E-state index contributed by atoms with van der Waals surface area (Å²) in [7, 11) is 0. The zero-order valence-electron chi connectivity index (χ0n) is 6.79. The van der Waals surface area contributed by atoms with Gasteiger partial charge >= 0.3 is 0 Å². The Morgan fingerprint density at radius 2 is 2.36 bits per heavy atom.